The van der Waals surface area contributed by atoms with E-state index >= 15 is 0 Å². The molecule has 1 N–H and O–H groups in total. The maximum absolute atomic E-state index is 13.0. The number of hydrogen-bond acceptors (Lipinski definition) is 3. The number of halogens is 1. The largest absolute Gasteiger partial charge is 0.321 e. The SMILES string of the molecule is CC(C)CN(CC(C)C)S(=O)(=O)c1ccc(C(=O)Nc2ccccc2Cl)cc1. The molecule has 7 heteroatoms. The number of rotatable bonds is 8. The normalized spacial score (nSPS) is 12.0. The van der Waals surface area contributed by atoms with Gasteiger partial charge in [0.1, 0.15) is 0 Å². The number of nitrogens with zero attached hydrogens (tertiary/aromatic N) is 1. The van der Waals surface area contributed by atoms with Crippen LogP contribution in [0.1, 0.15) is 38.1 Å². The summed E-state index contributed by atoms with van der Waals surface area (Å²) in [7, 11) is -3.62. The highest BCUT2D eigenvalue weighted by atomic mass is 35.5. The molecule has 0 spiro atoms. The van der Waals surface area contributed by atoms with Gasteiger partial charge in [-0.2, -0.15) is 4.31 Å². The molecule has 0 radical (unpaired) electrons. The summed E-state index contributed by atoms with van der Waals surface area (Å²) in [6.07, 6.45) is 0. The quantitative estimate of drug-likeness (QED) is 0.658. The van der Waals surface area contributed by atoms with E-state index in [9.17, 15) is 13.2 Å². The molecule has 2 rings (SSSR count). The molecule has 28 heavy (non-hydrogen) atoms. The molecule has 1 amide bonds. The van der Waals surface area contributed by atoms with Crippen molar-refractivity contribution in [3.8, 4) is 0 Å². The Bertz CT molecular complexity index is 900. The van der Waals surface area contributed by atoms with Crippen LogP contribution >= 0.6 is 11.6 Å². The number of benzene rings is 2. The van der Waals surface area contributed by atoms with E-state index in [4.69, 9.17) is 11.6 Å². The molecule has 0 aliphatic carbocycles. The summed E-state index contributed by atoms with van der Waals surface area (Å²) in [5.41, 5.74) is 0.865. The van der Waals surface area contributed by atoms with Crippen LogP contribution in [0, 0.1) is 11.8 Å². The van der Waals surface area contributed by atoms with Crippen molar-refractivity contribution in [1.29, 1.82) is 0 Å². The van der Waals surface area contributed by atoms with Crippen LogP contribution in [0.25, 0.3) is 0 Å². The molecule has 0 aromatic heterocycles. The number of anilines is 1. The summed E-state index contributed by atoms with van der Waals surface area (Å²) in [6, 6.07) is 12.9. The van der Waals surface area contributed by atoms with Gasteiger partial charge in [0, 0.05) is 18.7 Å². The van der Waals surface area contributed by atoms with Crippen molar-refractivity contribution in [1.82, 2.24) is 4.31 Å². The Morgan fingerprint density at radius 1 is 0.964 bits per heavy atom. The Morgan fingerprint density at radius 3 is 2.00 bits per heavy atom. The highest BCUT2D eigenvalue weighted by molar-refractivity contribution is 7.89. The first kappa shape index (κ1) is 22.4. The second kappa shape index (κ2) is 9.54. The third-order valence-corrected chi connectivity index (χ3v) is 6.19. The van der Waals surface area contributed by atoms with Crippen LogP contribution in [0.15, 0.2) is 53.4 Å². The summed E-state index contributed by atoms with van der Waals surface area (Å²) in [5.74, 6) is 0.0849. The van der Waals surface area contributed by atoms with Crippen molar-refractivity contribution in [2.24, 2.45) is 11.8 Å². The fourth-order valence-corrected chi connectivity index (χ4v) is 4.72. The molecule has 0 heterocycles. The van der Waals surface area contributed by atoms with Gasteiger partial charge in [0.2, 0.25) is 10.0 Å². The van der Waals surface area contributed by atoms with Crippen LogP contribution in [-0.4, -0.2) is 31.7 Å². The van der Waals surface area contributed by atoms with Crippen LogP contribution in [0.2, 0.25) is 5.02 Å². The molecule has 0 saturated heterocycles. The van der Waals surface area contributed by atoms with Crippen LogP contribution in [0.3, 0.4) is 0 Å². The predicted octanol–water partition coefficient (Wildman–Crippen LogP) is 4.90. The van der Waals surface area contributed by atoms with Crippen LogP contribution in [0.4, 0.5) is 5.69 Å². The van der Waals surface area contributed by atoms with Crippen molar-refractivity contribution in [3.05, 3.63) is 59.1 Å². The molecular weight excluding hydrogens is 396 g/mol. The Morgan fingerprint density at radius 2 is 1.50 bits per heavy atom. The minimum absolute atomic E-state index is 0.183. The van der Waals surface area contributed by atoms with E-state index in [2.05, 4.69) is 5.32 Å². The molecule has 0 aliphatic rings. The van der Waals surface area contributed by atoms with Crippen molar-refractivity contribution in [2.75, 3.05) is 18.4 Å². The summed E-state index contributed by atoms with van der Waals surface area (Å²) >= 11 is 6.06. The standard InChI is InChI=1S/C21H27ClN2O3S/c1-15(2)13-24(14-16(3)4)28(26,27)18-11-9-17(10-12-18)21(25)23-20-8-6-5-7-19(20)22/h5-12,15-16H,13-14H2,1-4H3,(H,23,25). The number of sulfonamides is 1. The lowest BCUT2D eigenvalue weighted by atomic mass is 10.2. The first-order valence-electron chi connectivity index (χ1n) is 9.27. The van der Waals surface area contributed by atoms with Gasteiger partial charge in [0.05, 0.1) is 15.6 Å². The van der Waals surface area contributed by atoms with E-state index in [1.807, 2.05) is 27.7 Å². The zero-order chi connectivity index (χ0) is 20.9. The second-order valence-electron chi connectivity index (χ2n) is 7.57. The minimum Gasteiger partial charge on any atom is -0.321 e. The third-order valence-electron chi connectivity index (χ3n) is 4.01. The number of para-hydroxylation sites is 1. The molecule has 152 valence electrons. The van der Waals surface area contributed by atoms with Crippen LogP contribution in [-0.2, 0) is 10.0 Å². The predicted molar refractivity (Wildman–Crippen MR) is 114 cm³/mol. The fourth-order valence-electron chi connectivity index (χ4n) is 2.77. The molecule has 2 aromatic carbocycles. The number of amides is 1. The van der Waals surface area contributed by atoms with E-state index < -0.39 is 10.0 Å². The van der Waals surface area contributed by atoms with Crippen molar-refractivity contribution in [2.45, 2.75) is 32.6 Å². The summed E-state index contributed by atoms with van der Waals surface area (Å²) in [4.78, 5) is 12.6. The molecule has 0 aliphatic heterocycles. The van der Waals surface area contributed by atoms with E-state index in [0.717, 1.165) is 0 Å². The van der Waals surface area contributed by atoms with Gasteiger partial charge in [-0.3, -0.25) is 4.79 Å². The maximum atomic E-state index is 13.0. The monoisotopic (exact) mass is 422 g/mol. The molecule has 5 nitrogen and oxygen atoms in total. The first-order valence-corrected chi connectivity index (χ1v) is 11.1. The maximum Gasteiger partial charge on any atom is 0.255 e. The van der Waals surface area contributed by atoms with E-state index in [0.29, 0.717) is 29.4 Å². The van der Waals surface area contributed by atoms with E-state index in [1.165, 1.54) is 28.6 Å². The number of hydrogen-bond donors (Lipinski definition) is 1. The molecule has 0 atom stereocenters. The Hall–Kier alpha value is -1.89. The van der Waals surface area contributed by atoms with Crippen LogP contribution in [0.5, 0.6) is 0 Å². The van der Waals surface area contributed by atoms with Gasteiger partial charge in [0.25, 0.3) is 5.91 Å². The van der Waals surface area contributed by atoms with Crippen molar-refractivity contribution >= 4 is 33.2 Å². The van der Waals surface area contributed by atoms with E-state index in [1.54, 1.807) is 24.3 Å². The van der Waals surface area contributed by atoms with Gasteiger partial charge < -0.3 is 5.32 Å². The lowest BCUT2D eigenvalue weighted by Crippen LogP contribution is -2.37. The molecule has 0 bridgehead atoms. The van der Waals surface area contributed by atoms with Crippen molar-refractivity contribution in [3.63, 3.8) is 0 Å². The Balaban J connectivity index is 2.21. The van der Waals surface area contributed by atoms with Crippen LogP contribution < -0.4 is 5.32 Å². The molecule has 0 saturated carbocycles. The molecule has 2 aromatic rings. The van der Waals surface area contributed by atoms with Gasteiger partial charge in [0.15, 0.2) is 0 Å². The zero-order valence-electron chi connectivity index (χ0n) is 16.6. The summed E-state index contributed by atoms with van der Waals surface area (Å²) in [6.45, 7) is 8.87. The first-order chi connectivity index (χ1) is 13.1. The highest BCUT2D eigenvalue weighted by Gasteiger charge is 2.26. The Labute approximate surface area is 172 Å². The molecule has 0 unspecified atom stereocenters. The lowest BCUT2D eigenvalue weighted by Gasteiger charge is -2.25. The average molecular weight is 423 g/mol. The second-order valence-corrected chi connectivity index (χ2v) is 9.91. The topological polar surface area (TPSA) is 66.5 Å². The fraction of sp³-hybridized carbons (Fsp3) is 0.381. The highest BCUT2D eigenvalue weighted by Crippen LogP contribution is 2.22. The van der Waals surface area contributed by atoms with Gasteiger partial charge in [-0.1, -0.05) is 51.4 Å². The summed E-state index contributed by atoms with van der Waals surface area (Å²) < 4.78 is 27.6. The van der Waals surface area contributed by atoms with Gasteiger partial charge >= 0.3 is 0 Å². The average Bonchev–Trinajstić information content (AvgIpc) is 2.62. The number of nitrogens with one attached hydrogen (secondary N) is 1. The molecular formula is C21H27ClN2O3S. The number of carbonyl (C=O) groups excluding carboxylic acids is 1. The van der Waals surface area contributed by atoms with Crippen molar-refractivity contribution < 1.29 is 13.2 Å². The van der Waals surface area contributed by atoms with Gasteiger partial charge in [-0.05, 0) is 48.2 Å². The molecule has 0 fully saturated rings. The third kappa shape index (κ3) is 5.80. The Kier molecular flexibility index (Phi) is 7.63. The summed E-state index contributed by atoms with van der Waals surface area (Å²) in [5, 5.41) is 3.17. The van der Waals surface area contributed by atoms with E-state index in [-0.39, 0.29) is 22.6 Å². The van der Waals surface area contributed by atoms with Gasteiger partial charge in [-0.15, -0.1) is 0 Å². The smallest absolute Gasteiger partial charge is 0.255 e. The lowest BCUT2D eigenvalue weighted by molar-refractivity contribution is 0.102. The zero-order valence-corrected chi connectivity index (χ0v) is 18.2. The minimum atomic E-state index is -3.62. The number of carbonyl (C=O) groups is 1. The van der Waals surface area contributed by atoms with Gasteiger partial charge in [-0.25, -0.2) is 8.42 Å².